The summed E-state index contributed by atoms with van der Waals surface area (Å²) in [4.78, 5) is 22.9. The summed E-state index contributed by atoms with van der Waals surface area (Å²) in [6.07, 6.45) is 0. The molecule has 0 unspecified atom stereocenters. The monoisotopic (exact) mass is 288 g/mol. The Hall–Kier alpha value is -2.89. The third-order valence-corrected chi connectivity index (χ3v) is 2.99. The van der Waals surface area contributed by atoms with Crippen LogP contribution in [0.2, 0.25) is 0 Å². The van der Waals surface area contributed by atoms with Gasteiger partial charge in [0.15, 0.2) is 0 Å². The van der Waals surface area contributed by atoms with Crippen LogP contribution in [0.4, 0.5) is 15.8 Å². The first-order chi connectivity index (χ1) is 9.88. The Morgan fingerprint density at radius 1 is 1.19 bits per heavy atom. The molecule has 0 bridgehead atoms. The highest BCUT2D eigenvalue weighted by Crippen LogP contribution is 2.21. The van der Waals surface area contributed by atoms with Gasteiger partial charge in [-0.3, -0.25) is 4.79 Å². The molecule has 0 spiro atoms. The highest BCUT2D eigenvalue weighted by atomic mass is 19.1. The van der Waals surface area contributed by atoms with Crippen LogP contribution in [0.15, 0.2) is 36.4 Å². The number of nitrogens with one attached hydrogen (secondary N) is 1. The average molecular weight is 288 g/mol. The Bertz CT molecular complexity index is 729. The number of nitrogens with two attached hydrogens (primary N) is 1. The van der Waals surface area contributed by atoms with Gasteiger partial charge < -0.3 is 16.2 Å². The number of carbonyl (C=O) groups is 2. The van der Waals surface area contributed by atoms with Crippen LogP contribution in [0.1, 0.15) is 26.3 Å². The van der Waals surface area contributed by atoms with Crippen molar-refractivity contribution in [1.29, 1.82) is 0 Å². The van der Waals surface area contributed by atoms with Gasteiger partial charge in [0.2, 0.25) is 0 Å². The van der Waals surface area contributed by atoms with Crippen molar-refractivity contribution < 1.29 is 19.1 Å². The molecular weight excluding hydrogens is 275 g/mol. The lowest BCUT2D eigenvalue weighted by Gasteiger charge is -2.10. The first-order valence-corrected chi connectivity index (χ1v) is 6.09. The Balaban J connectivity index is 2.27. The number of benzene rings is 2. The topological polar surface area (TPSA) is 92.4 Å². The molecule has 6 heteroatoms. The molecule has 2 rings (SSSR count). The van der Waals surface area contributed by atoms with Gasteiger partial charge >= 0.3 is 5.97 Å². The fourth-order valence-corrected chi connectivity index (χ4v) is 1.84. The first kappa shape index (κ1) is 14.5. The molecule has 0 heterocycles. The highest BCUT2D eigenvalue weighted by Gasteiger charge is 2.13. The third-order valence-electron chi connectivity index (χ3n) is 2.99. The van der Waals surface area contributed by atoms with E-state index in [2.05, 4.69) is 5.32 Å². The highest BCUT2D eigenvalue weighted by molar-refractivity contribution is 6.07. The summed E-state index contributed by atoms with van der Waals surface area (Å²) in [5.41, 5.74) is 6.93. The number of aryl methyl sites for hydroxylation is 1. The Kier molecular flexibility index (Phi) is 3.89. The largest absolute Gasteiger partial charge is 0.478 e. The van der Waals surface area contributed by atoms with E-state index in [0.717, 1.165) is 6.07 Å². The zero-order chi connectivity index (χ0) is 15.6. The van der Waals surface area contributed by atoms with E-state index in [-0.39, 0.29) is 22.5 Å². The molecule has 0 aliphatic heterocycles. The molecule has 1 amide bonds. The van der Waals surface area contributed by atoms with Gasteiger partial charge in [0.1, 0.15) is 5.82 Å². The molecule has 0 aromatic heterocycles. The van der Waals surface area contributed by atoms with Gasteiger partial charge in [-0.1, -0.05) is 6.07 Å². The summed E-state index contributed by atoms with van der Waals surface area (Å²) in [5.74, 6) is -2.14. The third kappa shape index (κ3) is 3.17. The lowest BCUT2D eigenvalue weighted by atomic mass is 10.1. The van der Waals surface area contributed by atoms with E-state index in [1.807, 2.05) is 0 Å². The number of aromatic carboxylic acids is 1. The van der Waals surface area contributed by atoms with Crippen LogP contribution in [0.25, 0.3) is 0 Å². The molecule has 0 aliphatic rings. The van der Waals surface area contributed by atoms with Crippen molar-refractivity contribution in [3.63, 3.8) is 0 Å². The summed E-state index contributed by atoms with van der Waals surface area (Å²) in [6.45, 7) is 1.69. The van der Waals surface area contributed by atoms with Gasteiger partial charge in [0, 0.05) is 5.56 Å². The van der Waals surface area contributed by atoms with Crippen LogP contribution >= 0.6 is 0 Å². The number of hydrogen-bond acceptors (Lipinski definition) is 3. The van der Waals surface area contributed by atoms with E-state index in [4.69, 9.17) is 10.8 Å². The maximum absolute atomic E-state index is 13.2. The number of carbonyl (C=O) groups excluding carboxylic acids is 1. The fourth-order valence-electron chi connectivity index (χ4n) is 1.84. The van der Waals surface area contributed by atoms with Gasteiger partial charge in [-0.25, -0.2) is 9.18 Å². The molecule has 5 nitrogen and oxygen atoms in total. The lowest BCUT2D eigenvalue weighted by molar-refractivity contribution is 0.0697. The first-order valence-electron chi connectivity index (χ1n) is 6.09. The van der Waals surface area contributed by atoms with Crippen molar-refractivity contribution in [2.75, 3.05) is 11.1 Å². The predicted octanol–water partition coefficient (Wildman–Crippen LogP) is 2.67. The molecule has 2 aromatic carbocycles. The van der Waals surface area contributed by atoms with E-state index in [1.54, 1.807) is 6.92 Å². The van der Waals surface area contributed by atoms with Gasteiger partial charge in [-0.2, -0.15) is 0 Å². The van der Waals surface area contributed by atoms with Gasteiger partial charge in [0.05, 0.1) is 16.9 Å². The minimum atomic E-state index is -1.11. The molecule has 21 heavy (non-hydrogen) atoms. The smallest absolute Gasteiger partial charge is 0.335 e. The van der Waals surface area contributed by atoms with Crippen LogP contribution in [0, 0.1) is 12.7 Å². The van der Waals surface area contributed by atoms with Gasteiger partial charge in [0.25, 0.3) is 5.91 Å². The van der Waals surface area contributed by atoms with Crippen molar-refractivity contribution in [3.8, 4) is 0 Å². The summed E-state index contributed by atoms with van der Waals surface area (Å²) < 4.78 is 13.2. The second kappa shape index (κ2) is 5.62. The zero-order valence-corrected chi connectivity index (χ0v) is 11.2. The Morgan fingerprint density at radius 2 is 1.90 bits per heavy atom. The van der Waals surface area contributed by atoms with Crippen molar-refractivity contribution in [3.05, 3.63) is 58.9 Å². The number of rotatable bonds is 3. The van der Waals surface area contributed by atoms with Gasteiger partial charge in [-0.05, 0) is 42.8 Å². The van der Waals surface area contributed by atoms with Crippen molar-refractivity contribution in [2.24, 2.45) is 0 Å². The van der Waals surface area contributed by atoms with Crippen LogP contribution in [-0.2, 0) is 0 Å². The molecule has 0 fully saturated rings. The van der Waals surface area contributed by atoms with E-state index in [1.165, 1.54) is 30.3 Å². The number of amides is 1. The quantitative estimate of drug-likeness (QED) is 0.757. The molecule has 108 valence electrons. The normalized spacial score (nSPS) is 10.2. The molecular formula is C15H13FN2O3. The summed E-state index contributed by atoms with van der Waals surface area (Å²) >= 11 is 0. The number of nitrogen functional groups attached to an aromatic ring is 1. The van der Waals surface area contributed by atoms with E-state index >= 15 is 0 Å². The summed E-state index contributed by atoms with van der Waals surface area (Å²) in [6, 6.07) is 7.87. The summed E-state index contributed by atoms with van der Waals surface area (Å²) in [7, 11) is 0. The molecule has 0 saturated carbocycles. The number of anilines is 2. The van der Waals surface area contributed by atoms with Crippen LogP contribution in [0.5, 0.6) is 0 Å². The number of carboxylic acids is 1. The van der Waals surface area contributed by atoms with Gasteiger partial charge in [-0.15, -0.1) is 0 Å². The number of halogens is 1. The van der Waals surface area contributed by atoms with Crippen molar-refractivity contribution >= 4 is 23.3 Å². The molecule has 4 N–H and O–H groups in total. The molecule has 0 atom stereocenters. The van der Waals surface area contributed by atoms with Crippen molar-refractivity contribution in [2.45, 2.75) is 6.92 Å². The van der Waals surface area contributed by atoms with Crippen LogP contribution in [0.3, 0.4) is 0 Å². The fraction of sp³-hybridized carbons (Fsp3) is 0.0667. The zero-order valence-electron chi connectivity index (χ0n) is 11.2. The minimum Gasteiger partial charge on any atom is -0.478 e. The van der Waals surface area contributed by atoms with Crippen molar-refractivity contribution in [1.82, 2.24) is 0 Å². The Labute approximate surface area is 120 Å². The maximum Gasteiger partial charge on any atom is 0.335 e. The number of hydrogen-bond donors (Lipinski definition) is 3. The lowest BCUT2D eigenvalue weighted by Crippen LogP contribution is -2.15. The molecule has 0 aliphatic carbocycles. The average Bonchev–Trinajstić information content (AvgIpc) is 2.43. The second-order valence-corrected chi connectivity index (χ2v) is 4.52. The van der Waals surface area contributed by atoms with E-state index in [9.17, 15) is 14.0 Å². The van der Waals surface area contributed by atoms with Crippen LogP contribution < -0.4 is 11.1 Å². The summed E-state index contributed by atoms with van der Waals surface area (Å²) in [5, 5.41) is 11.4. The standard InChI is InChI=1S/C15H13FN2O3/c1-8-2-4-10(16)7-11(8)14(19)18-13-5-3-9(15(20)21)6-12(13)17/h2-7H,17H2,1H3,(H,18,19)(H,20,21). The molecule has 2 aromatic rings. The minimum absolute atomic E-state index is 0.0208. The number of carboxylic acid groups (broad SMARTS) is 1. The van der Waals surface area contributed by atoms with Crippen LogP contribution in [-0.4, -0.2) is 17.0 Å². The Morgan fingerprint density at radius 3 is 2.52 bits per heavy atom. The molecule has 0 saturated heterocycles. The van der Waals surface area contributed by atoms with E-state index in [0.29, 0.717) is 5.56 Å². The maximum atomic E-state index is 13.2. The predicted molar refractivity (Wildman–Crippen MR) is 76.9 cm³/mol. The second-order valence-electron chi connectivity index (χ2n) is 4.52. The molecule has 0 radical (unpaired) electrons. The SMILES string of the molecule is Cc1ccc(F)cc1C(=O)Nc1ccc(C(=O)O)cc1N. The van der Waals surface area contributed by atoms with E-state index < -0.39 is 17.7 Å².